The fraction of sp³-hybridized carbons (Fsp3) is 0.0667. The largest absolute Gasteiger partial charge is 0.343 e. The molecule has 0 spiro atoms. The Bertz CT molecular complexity index is 722. The second-order valence-corrected chi connectivity index (χ2v) is 6.12. The summed E-state index contributed by atoms with van der Waals surface area (Å²) >= 11 is 15.0. The molecule has 0 aliphatic carbocycles. The number of hydrogen-bond acceptors (Lipinski definition) is 2. The summed E-state index contributed by atoms with van der Waals surface area (Å²) in [5.74, 6) is -0.775. The summed E-state index contributed by atoms with van der Waals surface area (Å²) in [6.45, 7) is -0.162. The highest BCUT2D eigenvalue weighted by Gasteiger charge is 2.12. The Hall–Kier alpha value is -1.56. The fourth-order valence-corrected chi connectivity index (χ4v) is 2.59. The van der Waals surface area contributed by atoms with E-state index < -0.39 is 5.91 Å². The molecule has 0 radical (unpaired) electrons. The van der Waals surface area contributed by atoms with Gasteiger partial charge in [-0.05, 0) is 36.4 Å². The van der Waals surface area contributed by atoms with Crippen LogP contribution in [-0.2, 0) is 4.79 Å². The minimum Gasteiger partial charge on any atom is -0.343 e. The summed E-state index contributed by atoms with van der Waals surface area (Å²) in [5, 5.41) is 5.85. The van der Waals surface area contributed by atoms with Gasteiger partial charge in [-0.15, -0.1) is 0 Å². The van der Waals surface area contributed by atoms with Crippen LogP contribution in [0.2, 0.25) is 10.0 Å². The molecule has 2 amide bonds. The summed E-state index contributed by atoms with van der Waals surface area (Å²) in [7, 11) is 0. The van der Waals surface area contributed by atoms with Crippen molar-refractivity contribution in [3.8, 4) is 0 Å². The topological polar surface area (TPSA) is 58.2 Å². The van der Waals surface area contributed by atoms with Crippen molar-refractivity contribution in [2.45, 2.75) is 0 Å². The summed E-state index contributed by atoms with van der Waals surface area (Å²) < 4.78 is 0.849. The Morgan fingerprint density at radius 2 is 1.86 bits per heavy atom. The highest BCUT2D eigenvalue weighted by atomic mass is 79.9. The van der Waals surface area contributed by atoms with Crippen molar-refractivity contribution < 1.29 is 9.59 Å². The standard InChI is InChI=1S/C15H11BrCl2N2O2/c16-9-2-1-3-11(6-9)20-14(21)8-19-15(22)12-5-4-10(17)7-13(12)18/h1-7H,8H2,(H,19,22)(H,20,21). The molecule has 22 heavy (non-hydrogen) atoms. The highest BCUT2D eigenvalue weighted by molar-refractivity contribution is 9.10. The van der Waals surface area contributed by atoms with Gasteiger partial charge in [0.25, 0.3) is 5.91 Å². The van der Waals surface area contributed by atoms with E-state index >= 15 is 0 Å². The van der Waals surface area contributed by atoms with Crippen LogP contribution in [0, 0.1) is 0 Å². The smallest absolute Gasteiger partial charge is 0.253 e. The van der Waals surface area contributed by atoms with Crippen molar-refractivity contribution >= 4 is 56.6 Å². The number of hydrogen-bond donors (Lipinski definition) is 2. The molecule has 0 aliphatic rings. The number of anilines is 1. The Labute approximate surface area is 145 Å². The van der Waals surface area contributed by atoms with E-state index in [1.165, 1.54) is 12.1 Å². The van der Waals surface area contributed by atoms with Gasteiger partial charge in [0, 0.05) is 15.2 Å². The van der Waals surface area contributed by atoms with Crippen molar-refractivity contribution in [1.29, 1.82) is 0 Å². The lowest BCUT2D eigenvalue weighted by atomic mass is 10.2. The number of benzene rings is 2. The zero-order valence-corrected chi connectivity index (χ0v) is 14.3. The second-order valence-electron chi connectivity index (χ2n) is 4.37. The van der Waals surface area contributed by atoms with Crippen molar-refractivity contribution in [3.63, 3.8) is 0 Å². The van der Waals surface area contributed by atoms with E-state index in [0.717, 1.165) is 4.47 Å². The van der Waals surface area contributed by atoms with Crippen molar-refractivity contribution in [2.24, 2.45) is 0 Å². The lowest BCUT2D eigenvalue weighted by Crippen LogP contribution is -2.33. The van der Waals surface area contributed by atoms with Crippen LogP contribution in [0.3, 0.4) is 0 Å². The second kappa shape index (κ2) is 7.63. The summed E-state index contributed by atoms with van der Waals surface area (Å²) in [5.41, 5.74) is 0.902. The molecule has 2 rings (SSSR count). The van der Waals surface area contributed by atoms with Gasteiger partial charge >= 0.3 is 0 Å². The predicted molar refractivity (Wildman–Crippen MR) is 91.6 cm³/mol. The number of carbonyl (C=O) groups excluding carboxylic acids is 2. The average molecular weight is 402 g/mol. The molecule has 2 aromatic carbocycles. The Morgan fingerprint density at radius 3 is 2.55 bits per heavy atom. The van der Waals surface area contributed by atoms with Gasteiger partial charge in [0.2, 0.25) is 5.91 Å². The van der Waals surface area contributed by atoms with Gasteiger partial charge in [0.1, 0.15) is 0 Å². The van der Waals surface area contributed by atoms with E-state index in [9.17, 15) is 9.59 Å². The summed E-state index contributed by atoms with van der Waals surface area (Å²) in [6.07, 6.45) is 0. The quantitative estimate of drug-likeness (QED) is 0.809. The van der Waals surface area contributed by atoms with E-state index in [-0.39, 0.29) is 23.0 Å². The van der Waals surface area contributed by atoms with E-state index in [1.807, 2.05) is 6.07 Å². The Morgan fingerprint density at radius 1 is 1.09 bits per heavy atom. The number of carbonyl (C=O) groups is 2. The number of rotatable bonds is 4. The molecule has 0 bridgehead atoms. The van der Waals surface area contributed by atoms with E-state index in [1.54, 1.807) is 24.3 Å². The minimum atomic E-state index is -0.439. The molecule has 0 aromatic heterocycles. The zero-order chi connectivity index (χ0) is 16.1. The molecule has 0 fully saturated rings. The molecule has 0 saturated carbocycles. The van der Waals surface area contributed by atoms with Crippen molar-refractivity contribution in [1.82, 2.24) is 5.32 Å². The van der Waals surface area contributed by atoms with Crippen LogP contribution >= 0.6 is 39.1 Å². The summed E-state index contributed by atoms with van der Waals surface area (Å²) in [4.78, 5) is 23.8. The fourth-order valence-electron chi connectivity index (χ4n) is 1.70. The SMILES string of the molecule is O=C(CNC(=O)c1ccc(Cl)cc1Cl)Nc1cccc(Br)c1. The van der Waals surface area contributed by atoms with Gasteiger partial charge in [0.05, 0.1) is 17.1 Å². The Balaban J connectivity index is 1.92. The molecule has 2 aromatic rings. The maximum Gasteiger partial charge on any atom is 0.253 e. The number of amides is 2. The van der Waals surface area contributed by atoms with Gasteiger partial charge in [0.15, 0.2) is 0 Å². The van der Waals surface area contributed by atoms with Crippen LogP contribution in [0.4, 0.5) is 5.69 Å². The van der Waals surface area contributed by atoms with Crippen LogP contribution in [0.5, 0.6) is 0 Å². The first kappa shape index (κ1) is 16.8. The molecule has 7 heteroatoms. The van der Waals surface area contributed by atoms with Crippen molar-refractivity contribution in [3.05, 3.63) is 62.5 Å². The molecular formula is C15H11BrCl2N2O2. The van der Waals surface area contributed by atoms with Gasteiger partial charge < -0.3 is 10.6 Å². The van der Waals surface area contributed by atoms with Crippen LogP contribution in [0.1, 0.15) is 10.4 Å². The molecule has 0 unspecified atom stereocenters. The maximum absolute atomic E-state index is 12.0. The lowest BCUT2D eigenvalue weighted by molar-refractivity contribution is -0.115. The van der Waals surface area contributed by atoms with Gasteiger partial charge in [-0.25, -0.2) is 0 Å². The van der Waals surface area contributed by atoms with Crippen LogP contribution in [0.25, 0.3) is 0 Å². The molecule has 0 saturated heterocycles. The van der Waals surface area contributed by atoms with Crippen LogP contribution in [0.15, 0.2) is 46.9 Å². The number of halogens is 3. The van der Waals surface area contributed by atoms with Crippen LogP contribution < -0.4 is 10.6 Å². The third kappa shape index (κ3) is 4.73. The van der Waals surface area contributed by atoms with E-state index in [0.29, 0.717) is 10.7 Å². The molecule has 2 N–H and O–H groups in total. The summed E-state index contributed by atoms with van der Waals surface area (Å²) in [6, 6.07) is 11.7. The van der Waals surface area contributed by atoms with Gasteiger partial charge in [-0.1, -0.05) is 45.2 Å². The Kier molecular flexibility index (Phi) is 5.83. The lowest BCUT2D eigenvalue weighted by Gasteiger charge is -2.08. The zero-order valence-electron chi connectivity index (χ0n) is 11.2. The third-order valence-corrected chi connectivity index (χ3v) is 3.73. The van der Waals surface area contributed by atoms with Gasteiger partial charge in [-0.2, -0.15) is 0 Å². The molecule has 0 aliphatic heterocycles. The average Bonchev–Trinajstić information content (AvgIpc) is 2.45. The van der Waals surface area contributed by atoms with E-state index in [2.05, 4.69) is 26.6 Å². The predicted octanol–water partition coefficient (Wildman–Crippen LogP) is 4.12. The molecule has 0 atom stereocenters. The first-order valence-corrected chi connectivity index (χ1v) is 7.79. The minimum absolute atomic E-state index is 0.162. The monoisotopic (exact) mass is 400 g/mol. The molecule has 0 heterocycles. The molecular weight excluding hydrogens is 391 g/mol. The van der Waals surface area contributed by atoms with E-state index in [4.69, 9.17) is 23.2 Å². The highest BCUT2D eigenvalue weighted by Crippen LogP contribution is 2.20. The molecule has 114 valence electrons. The van der Waals surface area contributed by atoms with Crippen LogP contribution in [-0.4, -0.2) is 18.4 Å². The van der Waals surface area contributed by atoms with Gasteiger partial charge in [-0.3, -0.25) is 9.59 Å². The normalized spacial score (nSPS) is 10.1. The third-order valence-electron chi connectivity index (χ3n) is 2.69. The first-order valence-electron chi connectivity index (χ1n) is 6.24. The number of nitrogens with one attached hydrogen (secondary N) is 2. The maximum atomic E-state index is 12.0. The first-order chi connectivity index (χ1) is 10.5. The molecule has 4 nitrogen and oxygen atoms in total. The van der Waals surface area contributed by atoms with Crippen molar-refractivity contribution in [2.75, 3.05) is 11.9 Å².